The number of carbonyl (C=O) groups excluding carboxylic acids is 1. The molecule has 0 aliphatic heterocycles. The highest BCUT2D eigenvalue weighted by atomic mass is 79.9. The number of alkyl halides is 1. The van der Waals surface area contributed by atoms with Gasteiger partial charge in [0.1, 0.15) is 11.5 Å². The molecule has 1 atom stereocenters. The summed E-state index contributed by atoms with van der Waals surface area (Å²) in [5.74, 6) is 1.66. The lowest BCUT2D eigenvalue weighted by Gasteiger charge is -2.15. The number of rotatable bonds is 6. The molecule has 0 aromatic heterocycles. The van der Waals surface area contributed by atoms with Crippen molar-refractivity contribution in [2.45, 2.75) is 25.2 Å². The van der Waals surface area contributed by atoms with E-state index in [1.54, 1.807) is 20.3 Å². The van der Waals surface area contributed by atoms with Gasteiger partial charge in [-0.3, -0.25) is 4.79 Å². The number of methoxy groups -OCH3 is 2. The van der Waals surface area contributed by atoms with Gasteiger partial charge < -0.3 is 14.8 Å². The molecule has 1 aromatic rings. The fraction of sp³-hybridized carbons (Fsp3) is 0.500. The second-order valence-corrected chi connectivity index (χ2v) is 5.53. The number of benzene rings is 1. The van der Waals surface area contributed by atoms with Crippen molar-refractivity contribution in [3.05, 3.63) is 23.8 Å². The third-order valence-electron chi connectivity index (χ3n) is 2.78. The van der Waals surface area contributed by atoms with Crippen LogP contribution in [0.1, 0.15) is 19.4 Å². The van der Waals surface area contributed by atoms with Gasteiger partial charge in [-0.15, -0.1) is 0 Å². The van der Waals surface area contributed by atoms with Crippen molar-refractivity contribution in [2.24, 2.45) is 5.92 Å². The van der Waals surface area contributed by atoms with E-state index in [1.807, 2.05) is 26.0 Å². The van der Waals surface area contributed by atoms with E-state index in [0.717, 1.165) is 11.3 Å². The monoisotopic (exact) mass is 329 g/mol. The quantitative estimate of drug-likeness (QED) is 0.816. The van der Waals surface area contributed by atoms with Crippen LogP contribution in [0, 0.1) is 5.92 Å². The first kappa shape index (κ1) is 15.8. The highest BCUT2D eigenvalue weighted by Gasteiger charge is 2.18. The molecule has 0 spiro atoms. The second-order valence-electron chi connectivity index (χ2n) is 4.54. The van der Waals surface area contributed by atoms with E-state index in [0.29, 0.717) is 12.3 Å². The van der Waals surface area contributed by atoms with Crippen LogP contribution in [0.15, 0.2) is 18.2 Å². The zero-order valence-corrected chi connectivity index (χ0v) is 13.3. The minimum absolute atomic E-state index is 0.0205. The third-order valence-corrected chi connectivity index (χ3v) is 4.26. The van der Waals surface area contributed by atoms with Crippen LogP contribution in [0.25, 0.3) is 0 Å². The number of hydrogen-bond donors (Lipinski definition) is 1. The summed E-state index contributed by atoms with van der Waals surface area (Å²) in [6.07, 6.45) is 0. The zero-order chi connectivity index (χ0) is 14.4. The van der Waals surface area contributed by atoms with Crippen LogP contribution < -0.4 is 14.8 Å². The molecule has 1 N–H and O–H groups in total. The van der Waals surface area contributed by atoms with Gasteiger partial charge >= 0.3 is 0 Å². The normalized spacial score (nSPS) is 12.1. The molecule has 0 aliphatic rings. The Kier molecular flexibility index (Phi) is 6.15. The largest absolute Gasteiger partial charge is 0.497 e. The van der Waals surface area contributed by atoms with Crippen LogP contribution in [0.3, 0.4) is 0 Å². The molecule has 0 saturated carbocycles. The van der Waals surface area contributed by atoms with Gasteiger partial charge in [0, 0.05) is 18.2 Å². The highest BCUT2D eigenvalue weighted by Crippen LogP contribution is 2.24. The van der Waals surface area contributed by atoms with Crippen molar-refractivity contribution >= 4 is 21.8 Å². The lowest BCUT2D eigenvalue weighted by atomic mass is 10.1. The van der Waals surface area contributed by atoms with Crippen molar-refractivity contribution in [2.75, 3.05) is 14.2 Å². The zero-order valence-electron chi connectivity index (χ0n) is 11.7. The lowest BCUT2D eigenvalue weighted by molar-refractivity contribution is -0.121. The number of ether oxygens (including phenoxy) is 2. The van der Waals surface area contributed by atoms with Crippen LogP contribution in [0.4, 0.5) is 0 Å². The Labute approximate surface area is 122 Å². The summed E-state index contributed by atoms with van der Waals surface area (Å²) in [5, 5.41) is 2.89. The first-order chi connectivity index (χ1) is 8.99. The molecule has 106 valence electrons. The van der Waals surface area contributed by atoms with Crippen LogP contribution in [-0.4, -0.2) is 25.0 Å². The molecule has 0 aliphatic carbocycles. The molecule has 19 heavy (non-hydrogen) atoms. The molecule has 0 radical (unpaired) electrons. The van der Waals surface area contributed by atoms with Crippen LogP contribution in [-0.2, 0) is 11.3 Å². The van der Waals surface area contributed by atoms with Crippen molar-refractivity contribution in [3.8, 4) is 11.5 Å². The van der Waals surface area contributed by atoms with Gasteiger partial charge in [-0.25, -0.2) is 0 Å². The average molecular weight is 330 g/mol. The van der Waals surface area contributed by atoms with Gasteiger partial charge in [0.05, 0.1) is 19.0 Å². The summed E-state index contributed by atoms with van der Waals surface area (Å²) in [6, 6.07) is 5.53. The maximum atomic E-state index is 11.9. The van der Waals surface area contributed by atoms with E-state index in [-0.39, 0.29) is 16.7 Å². The number of amides is 1. The van der Waals surface area contributed by atoms with Gasteiger partial charge in [0.25, 0.3) is 0 Å². The first-order valence-electron chi connectivity index (χ1n) is 6.12. The number of nitrogens with one attached hydrogen (secondary N) is 1. The maximum Gasteiger partial charge on any atom is 0.234 e. The van der Waals surface area contributed by atoms with E-state index < -0.39 is 0 Å². The summed E-state index contributed by atoms with van der Waals surface area (Å²) < 4.78 is 10.4. The molecule has 0 fully saturated rings. The predicted octanol–water partition coefficient (Wildman–Crippen LogP) is 2.74. The molecule has 4 nitrogen and oxygen atoms in total. The fourth-order valence-electron chi connectivity index (χ4n) is 1.58. The van der Waals surface area contributed by atoms with Gasteiger partial charge in [0.2, 0.25) is 5.91 Å². The van der Waals surface area contributed by atoms with E-state index in [2.05, 4.69) is 21.2 Å². The highest BCUT2D eigenvalue weighted by molar-refractivity contribution is 9.10. The van der Waals surface area contributed by atoms with Crippen LogP contribution >= 0.6 is 15.9 Å². The summed E-state index contributed by atoms with van der Waals surface area (Å²) in [5.41, 5.74) is 0.917. The number of carbonyl (C=O) groups is 1. The molecule has 1 aromatic carbocycles. The third kappa shape index (κ3) is 4.42. The molecule has 1 rings (SSSR count). The van der Waals surface area contributed by atoms with Crippen molar-refractivity contribution in [1.29, 1.82) is 0 Å². The first-order valence-corrected chi connectivity index (χ1v) is 7.03. The van der Waals surface area contributed by atoms with Crippen LogP contribution in [0.2, 0.25) is 0 Å². The molecule has 1 amide bonds. The van der Waals surface area contributed by atoms with Gasteiger partial charge in [-0.05, 0) is 18.1 Å². The number of halogens is 1. The predicted molar refractivity (Wildman–Crippen MR) is 78.9 cm³/mol. The summed E-state index contributed by atoms with van der Waals surface area (Å²) >= 11 is 3.38. The minimum atomic E-state index is -0.184. The molecule has 0 saturated heterocycles. The smallest absolute Gasteiger partial charge is 0.234 e. The van der Waals surface area contributed by atoms with Gasteiger partial charge in [-0.2, -0.15) is 0 Å². The summed E-state index contributed by atoms with van der Waals surface area (Å²) in [7, 11) is 3.20. The Morgan fingerprint density at radius 1 is 1.32 bits per heavy atom. The van der Waals surface area contributed by atoms with Gasteiger partial charge in [-0.1, -0.05) is 29.8 Å². The van der Waals surface area contributed by atoms with E-state index in [4.69, 9.17) is 9.47 Å². The number of hydrogen-bond acceptors (Lipinski definition) is 3. The Balaban J connectivity index is 2.70. The summed E-state index contributed by atoms with van der Waals surface area (Å²) in [6.45, 7) is 4.42. The fourth-order valence-corrected chi connectivity index (χ4v) is 1.74. The second kappa shape index (κ2) is 7.38. The standard InChI is InChI=1S/C14H20BrNO3/c1-9(2)13(15)14(17)16-8-10-5-6-11(18-3)7-12(10)19-4/h5-7,9,13H,8H2,1-4H3,(H,16,17). The van der Waals surface area contributed by atoms with Crippen molar-refractivity contribution < 1.29 is 14.3 Å². The van der Waals surface area contributed by atoms with Crippen molar-refractivity contribution in [1.82, 2.24) is 5.32 Å². The molecular weight excluding hydrogens is 310 g/mol. The van der Waals surface area contributed by atoms with E-state index >= 15 is 0 Å². The Hall–Kier alpha value is -1.23. The van der Waals surface area contributed by atoms with Crippen molar-refractivity contribution in [3.63, 3.8) is 0 Å². The SMILES string of the molecule is COc1ccc(CNC(=O)C(Br)C(C)C)c(OC)c1. The van der Waals surface area contributed by atoms with E-state index in [9.17, 15) is 4.79 Å². The molecular formula is C14H20BrNO3. The molecule has 0 bridgehead atoms. The van der Waals surface area contributed by atoms with Gasteiger partial charge in [0.15, 0.2) is 0 Å². The molecule has 0 heterocycles. The topological polar surface area (TPSA) is 47.6 Å². The Morgan fingerprint density at radius 3 is 2.53 bits per heavy atom. The molecule has 1 unspecified atom stereocenters. The average Bonchev–Trinajstić information content (AvgIpc) is 2.43. The maximum absolute atomic E-state index is 11.9. The summed E-state index contributed by atoms with van der Waals surface area (Å²) in [4.78, 5) is 11.7. The Bertz CT molecular complexity index is 435. The molecule has 5 heteroatoms. The van der Waals surface area contributed by atoms with Crippen LogP contribution in [0.5, 0.6) is 11.5 Å². The Morgan fingerprint density at radius 2 is 2.00 bits per heavy atom. The van der Waals surface area contributed by atoms with E-state index in [1.165, 1.54) is 0 Å². The minimum Gasteiger partial charge on any atom is -0.497 e. The lowest BCUT2D eigenvalue weighted by Crippen LogP contribution is -2.33.